The molecule has 2 aromatic heterocycles. The minimum Gasteiger partial charge on any atom is -0.465 e. The Kier molecular flexibility index (Phi) is 5.72. The highest BCUT2D eigenvalue weighted by atomic mass is 32.1. The van der Waals surface area contributed by atoms with E-state index in [4.69, 9.17) is 9.15 Å². The van der Waals surface area contributed by atoms with Gasteiger partial charge in [0.05, 0.1) is 12.7 Å². The minimum atomic E-state index is -0.636. The van der Waals surface area contributed by atoms with Crippen molar-refractivity contribution < 1.29 is 18.7 Å². The number of nitriles is 1. The van der Waals surface area contributed by atoms with Gasteiger partial charge in [-0.1, -0.05) is 30.3 Å². The lowest BCUT2D eigenvalue weighted by Crippen LogP contribution is -2.15. The number of carbonyl (C=O) groups is 2. The Bertz CT molecular complexity index is 1090. The molecule has 0 aliphatic rings. The van der Waals surface area contributed by atoms with E-state index in [1.165, 1.54) is 24.5 Å². The Morgan fingerprint density at radius 2 is 1.96 bits per heavy atom. The van der Waals surface area contributed by atoms with Crippen LogP contribution >= 0.6 is 11.3 Å². The van der Waals surface area contributed by atoms with Gasteiger partial charge in [0.2, 0.25) is 0 Å². The van der Waals surface area contributed by atoms with E-state index in [9.17, 15) is 14.9 Å². The summed E-state index contributed by atoms with van der Waals surface area (Å²) in [6.45, 7) is 1.77. The van der Waals surface area contributed by atoms with E-state index >= 15 is 0 Å². The molecule has 0 aliphatic heterocycles. The lowest BCUT2D eigenvalue weighted by molar-refractivity contribution is -0.112. The normalized spacial score (nSPS) is 11.0. The third kappa shape index (κ3) is 4.19. The Labute approximate surface area is 165 Å². The van der Waals surface area contributed by atoms with Crippen LogP contribution in [0.1, 0.15) is 21.9 Å². The van der Waals surface area contributed by atoms with Crippen molar-refractivity contribution >= 4 is 34.3 Å². The Hall–Kier alpha value is -3.63. The summed E-state index contributed by atoms with van der Waals surface area (Å²) in [6.07, 6.45) is 1.35. The first-order valence-corrected chi connectivity index (χ1v) is 9.10. The van der Waals surface area contributed by atoms with Gasteiger partial charge in [0.1, 0.15) is 28.2 Å². The van der Waals surface area contributed by atoms with Crippen molar-refractivity contribution in [2.75, 3.05) is 12.4 Å². The van der Waals surface area contributed by atoms with Crippen molar-refractivity contribution in [3.8, 4) is 16.5 Å². The molecule has 0 unspecified atom stereocenters. The molecule has 0 aliphatic carbocycles. The maximum absolute atomic E-state index is 12.6. The van der Waals surface area contributed by atoms with E-state index in [2.05, 4.69) is 5.32 Å². The summed E-state index contributed by atoms with van der Waals surface area (Å²) in [7, 11) is 1.27. The number of ether oxygens (including phenoxy) is 1. The molecule has 3 rings (SSSR count). The molecule has 0 atom stereocenters. The predicted octanol–water partition coefficient (Wildman–Crippen LogP) is 4.65. The number of thiophene rings is 1. The molecule has 1 amide bonds. The van der Waals surface area contributed by atoms with Crippen LogP contribution in [-0.2, 0) is 9.53 Å². The maximum atomic E-state index is 12.6. The summed E-state index contributed by atoms with van der Waals surface area (Å²) in [5.74, 6) is -0.141. The van der Waals surface area contributed by atoms with Gasteiger partial charge in [0.25, 0.3) is 5.91 Å². The van der Waals surface area contributed by atoms with Crippen molar-refractivity contribution in [1.29, 1.82) is 5.26 Å². The predicted molar refractivity (Wildman–Crippen MR) is 107 cm³/mol. The van der Waals surface area contributed by atoms with E-state index in [1.54, 1.807) is 25.1 Å². The number of carbonyl (C=O) groups excluding carboxylic acids is 2. The van der Waals surface area contributed by atoms with Gasteiger partial charge in [-0.15, -0.1) is 11.3 Å². The van der Waals surface area contributed by atoms with Gasteiger partial charge in [-0.25, -0.2) is 4.79 Å². The summed E-state index contributed by atoms with van der Waals surface area (Å²) in [5.41, 5.74) is 0.992. The fourth-order valence-electron chi connectivity index (χ4n) is 2.48. The highest BCUT2D eigenvalue weighted by molar-refractivity contribution is 7.20. The molecule has 2 heterocycles. The molecule has 1 N–H and O–H groups in total. The monoisotopic (exact) mass is 392 g/mol. The van der Waals surface area contributed by atoms with Crippen LogP contribution in [-0.4, -0.2) is 19.0 Å². The number of aryl methyl sites for hydroxylation is 1. The van der Waals surface area contributed by atoms with E-state index in [-0.39, 0.29) is 11.1 Å². The topological polar surface area (TPSA) is 92.3 Å². The molecule has 6 nitrogen and oxygen atoms in total. The zero-order valence-electron chi connectivity index (χ0n) is 15.2. The molecule has 0 fully saturated rings. The highest BCUT2D eigenvalue weighted by Gasteiger charge is 2.21. The largest absolute Gasteiger partial charge is 0.465 e. The Morgan fingerprint density at radius 3 is 2.57 bits per heavy atom. The molecule has 0 bridgehead atoms. The average Bonchev–Trinajstić information content (AvgIpc) is 3.32. The molecule has 7 heteroatoms. The molecule has 0 saturated carbocycles. The number of hydrogen-bond acceptors (Lipinski definition) is 6. The van der Waals surface area contributed by atoms with Crippen molar-refractivity contribution in [3.05, 3.63) is 71.2 Å². The zero-order chi connectivity index (χ0) is 20.1. The van der Waals surface area contributed by atoms with Crippen molar-refractivity contribution in [1.82, 2.24) is 0 Å². The van der Waals surface area contributed by atoms with Crippen molar-refractivity contribution in [2.45, 2.75) is 6.92 Å². The van der Waals surface area contributed by atoms with Gasteiger partial charge in [0, 0.05) is 11.0 Å². The molecule has 140 valence electrons. The first kappa shape index (κ1) is 19.1. The summed E-state index contributed by atoms with van der Waals surface area (Å²) < 4.78 is 10.2. The number of esters is 1. The molecule has 0 spiro atoms. The van der Waals surface area contributed by atoms with E-state index in [0.717, 1.165) is 10.4 Å². The molecule has 0 saturated heterocycles. The quantitative estimate of drug-likeness (QED) is 0.388. The first-order valence-electron chi connectivity index (χ1n) is 8.29. The number of nitrogens with zero attached hydrogens (tertiary/aromatic N) is 1. The number of anilines is 1. The van der Waals surface area contributed by atoms with Crippen LogP contribution in [0, 0.1) is 18.3 Å². The van der Waals surface area contributed by atoms with Gasteiger partial charge in [-0.3, -0.25) is 4.79 Å². The van der Waals surface area contributed by atoms with Crippen LogP contribution in [0.5, 0.6) is 0 Å². The van der Waals surface area contributed by atoms with Gasteiger partial charge < -0.3 is 14.5 Å². The second-order valence-corrected chi connectivity index (χ2v) is 6.84. The smallest absolute Gasteiger partial charge is 0.340 e. The number of amides is 1. The standard InChI is InChI=1S/C21H16N2O4S/c1-13-8-9-16(27-13)10-15(12-22)19(24)23-20-17(21(25)26-2)11-18(28-20)14-6-4-3-5-7-14/h3-11H,1-2H3,(H,23,24)/b15-10+. The number of benzene rings is 1. The fourth-order valence-corrected chi connectivity index (χ4v) is 3.53. The number of nitrogens with one attached hydrogen (secondary N) is 1. The maximum Gasteiger partial charge on any atom is 0.340 e. The van der Waals surface area contributed by atoms with Crippen LogP contribution in [0.3, 0.4) is 0 Å². The summed E-state index contributed by atoms with van der Waals surface area (Å²) in [5, 5.41) is 12.3. The van der Waals surface area contributed by atoms with Gasteiger partial charge in [0.15, 0.2) is 0 Å². The summed E-state index contributed by atoms with van der Waals surface area (Å²) >= 11 is 1.23. The molecule has 28 heavy (non-hydrogen) atoms. The second kappa shape index (κ2) is 8.37. The van der Waals surface area contributed by atoms with Crippen LogP contribution in [0.2, 0.25) is 0 Å². The highest BCUT2D eigenvalue weighted by Crippen LogP contribution is 2.36. The second-order valence-electron chi connectivity index (χ2n) is 5.78. The van der Waals surface area contributed by atoms with Crippen LogP contribution in [0.15, 0.2) is 58.5 Å². The summed E-state index contributed by atoms with van der Waals surface area (Å²) in [4.78, 5) is 25.5. The molecule has 3 aromatic rings. The van der Waals surface area contributed by atoms with Crippen molar-refractivity contribution in [2.24, 2.45) is 0 Å². The number of furan rings is 1. The minimum absolute atomic E-state index is 0.139. The molecular weight excluding hydrogens is 376 g/mol. The number of rotatable bonds is 5. The van der Waals surface area contributed by atoms with E-state index in [0.29, 0.717) is 16.5 Å². The third-order valence-electron chi connectivity index (χ3n) is 3.84. The van der Waals surface area contributed by atoms with Gasteiger partial charge >= 0.3 is 5.97 Å². The number of methoxy groups -OCH3 is 1. The number of hydrogen-bond donors (Lipinski definition) is 1. The van der Waals surface area contributed by atoms with Crippen LogP contribution in [0.25, 0.3) is 16.5 Å². The fraction of sp³-hybridized carbons (Fsp3) is 0.0952. The molecular formula is C21H16N2O4S. The van der Waals surface area contributed by atoms with Crippen LogP contribution in [0.4, 0.5) is 5.00 Å². The van der Waals surface area contributed by atoms with Crippen LogP contribution < -0.4 is 5.32 Å². The summed E-state index contributed by atoms with van der Waals surface area (Å²) in [6, 6.07) is 16.4. The SMILES string of the molecule is COC(=O)c1cc(-c2ccccc2)sc1NC(=O)/C(C#N)=C/c1ccc(C)o1. The van der Waals surface area contributed by atoms with Gasteiger partial charge in [-0.05, 0) is 30.7 Å². The van der Waals surface area contributed by atoms with Gasteiger partial charge in [-0.2, -0.15) is 5.26 Å². The molecule has 1 aromatic carbocycles. The first-order chi connectivity index (χ1) is 13.5. The van der Waals surface area contributed by atoms with E-state index in [1.807, 2.05) is 36.4 Å². The zero-order valence-corrected chi connectivity index (χ0v) is 16.0. The Morgan fingerprint density at radius 1 is 1.21 bits per heavy atom. The third-order valence-corrected chi connectivity index (χ3v) is 4.94. The lowest BCUT2D eigenvalue weighted by atomic mass is 10.1. The Balaban J connectivity index is 1.93. The van der Waals surface area contributed by atoms with E-state index < -0.39 is 11.9 Å². The average molecular weight is 392 g/mol. The molecule has 0 radical (unpaired) electrons. The van der Waals surface area contributed by atoms with Crippen molar-refractivity contribution in [3.63, 3.8) is 0 Å². The lowest BCUT2D eigenvalue weighted by Gasteiger charge is -2.04.